The summed E-state index contributed by atoms with van der Waals surface area (Å²) in [5, 5.41) is 0. The van der Waals surface area contributed by atoms with Crippen molar-refractivity contribution in [2.75, 3.05) is 0 Å². The first-order valence-electron chi connectivity index (χ1n) is 3.89. The van der Waals surface area contributed by atoms with E-state index in [4.69, 9.17) is 0 Å². The van der Waals surface area contributed by atoms with Gasteiger partial charge in [-0.2, -0.15) is 0 Å². The molecule has 0 saturated heterocycles. The van der Waals surface area contributed by atoms with E-state index in [0.717, 1.165) is 11.7 Å². The Morgan fingerprint density at radius 3 is 2.00 bits per heavy atom. The normalized spacial score (nSPS) is 17.9. The van der Waals surface area contributed by atoms with E-state index in [1.807, 2.05) is 0 Å². The van der Waals surface area contributed by atoms with E-state index in [2.05, 4.69) is 35.5 Å². The minimum Gasteiger partial charge on any atom is -0.0651 e. The number of hydrogen-bond donors (Lipinski definition) is 0. The Hall–Kier alpha value is 0.0649. The molecule has 0 fully saturated rings. The summed E-state index contributed by atoms with van der Waals surface area (Å²) in [6, 6.07) is 0. The number of hydrogen-bond acceptors (Lipinski definition) is 0. The number of rotatable bonds is 3. The SMILES string of the molecule is BC([C](C)C)C(C)CC. The van der Waals surface area contributed by atoms with Crippen LogP contribution < -0.4 is 0 Å². The summed E-state index contributed by atoms with van der Waals surface area (Å²) in [7, 11) is 2.31. The Morgan fingerprint density at radius 2 is 1.89 bits per heavy atom. The van der Waals surface area contributed by atoms with Gasteiger partial charge in [-0.05, 0) is 11.8 Å². The first-order chi connectivity index (χ1) is 4.09. The molecule has 0 amide bonds. The van der Waals surface area contributed by atoms with Gasteiger partial charge in [0.15, 0.2) is 0 Å². The monoisotopic (exact) mass is 125 g/mol. The molecule has 0 aliphatic carbocycles. The van der Waals surface area contributed by atoms with Crippen molar-refractivity contribution >= 4 is 7.85 Å². The molecule has 0 saturated carbocycles. The maximum absolute atomic E-state index is 2.32. The zero-order chi connectivity index (χ0) is 7.44. The Kier molecular flexibility index (Phi) is 4.00. The second-order valence-corrected chi connectivity index (χ2v) is 3.25. The van der Waals surface area contributed by atoms with Crippen LogP contribution >= 0.6 is 0 Å². The predicted octanol–water partition coefficient (Wildman–Crippen LogP) is 2.07. The Bertz CT molecular complexity index is 69.0. The molecular weight excluding hydrogens is 107 g/mol. The fourth-order valence-electron chi connectivity index (χ4n) is 0.923. The van der Waals surface area contributed by atoms with E-state index in [1.165, 1.54) is 6.42 Å². The molecule has 0 heterocycles. The minimum absolute atomic E-state index is 0.801. The fourth-order valence-corrected chi connectivity index (χ4v) is 0.923. The van der Waals surface area contributed by atoms with Crippen molar-refractivity contribution in [2.45, 2.75) is 39.9 Å². The van der Waals surface area contributed by atoms with Crippen LogP contribution in [0.25, 0.3) is 0 Å². The van der Waals surface area contributed by atoms with Gasteiger partial charge in [0.05, 0.1) is 0 Å². The molecule has 1 heteroatoms. The molecule has 0 spiro atoms. The highest BCUT2D eigenvalue weighted by Crippen LogP contribution is 2.26. The largest absolute Gasteiger partial charge is 0.106 e. The van der Waals surface area contributed by atoms with Gasteiger partial charge in [-0.3, -0.25) is 0 Å². The topological polar surface area (TPSA) is 0 Å². The molecule has 53 valence electrons. The van der Waals surface area contributed by atoms with Crippen LogP contribution in [-0.4, -0.2) is 7.85 Å². The van der Waals surface area contributed by atoms with Crippen LogP contribution in [0.3, 0.4) is 0 Å². The van der Waals surface area contributed by atoms with Gasteiger partial charge in [-0.15, -0.1) is 0 Å². The third-order valence-electron chi connectivity index (χ3n) is 2.41. The summed E-state index contributed by atoms with van der Waals surface area (Å²) >= 11 is 0. The van der Waals surface area contributed by atoms with Crippen molar-refractivity contribution in [2.24, 2.45) is 5.92 Å². The van der Waals surface area contributed by atoms with Crippen LogP contribution in [0.1, 0.15) is 34.1 Å². The maximum atomic E-state index is 2.32. The van der Waals surface area contributed by atoms with E-state index in [1.54, 1.807) is 5.92 Å². The zero-order valence-electron chi connectivity index (χ0n) is 7.36. The summed E-state index contributed by atoms with van der Waals surface area (Å²) < 4.78 is 0. The third kappa shape index (κ3) is 2.93. The smallest absolute Gasteiger partial charge is 0.0651 e. The second kappa shape index (κ2) is 3.97. The van der Waals surface area contributed by atoms with E-state index in [0.29, 0.717) is 0 Å². The Morgan fingerprint density at radius 1 is 1.44 bits per heavy atom. The molecule has 9 heavy (non-hydrogen) atoms. The highest BCUT2D eigenvalue weighted by molar-refractivity contribution is 6.13. The molecule has 0 rings (SSSR count). The van der Waals surface area contributed by atoms with Crippen LogP contribution in [0.2, 0.25) is 5.82 Å². The first kappa shape index (κ1) is 9.06. The van der Waals surface area contributed by atoms with E-state index in [-0.39, 0.29) is 0 Å². The Balaban J connectivity index is 3.58. The average molecular weight is 125 g/mol. The third-order valence-corrected chi connectivity index (χ3v) is 2.41. The highest BCUT2D eigenvalue weighted by Gasteiger charge is 2.13. The van der Waals surface area contributed by atoms with Crippen molar-refractivity contribution in [3.05, 3.63) is 5.92 Å². The lowest BCUT2D eigenvalue weighted by molar-refractivity contribution is 0.528. The molecule has 0 aliphatic heterocycles. The summed E-state index contributed by atoms with van der Waals surface area (Å²) in [5.74, 6) is 3.22. The summed E-state index contributed by atoms with van der Waals surface area (Å²) in [5.41, 5.74) is 0. The molecule has 1 radical (unpaired) electrons. The average Bonchev–Trinajstić information content (AvgIpc) is 1.84. The molecule has 0 bridgehead atoms. The molecule has 0 aromatic carbocycles. The second-order valence-electron chi connectivity index (χ2n) is 3.25. The van der Waals surface area contributed by atoms with Gasteiger partial charge in [0.1, 0.15) is 7.85 Å². The molecule has 0 aromatic heterocycles. The predicted molar refractivity (Wildman–Crippen MR) is 46.3 cm³/mol. The van der Waals surface area contributed by atoms with Crippen LogP contribution in [-0.2, 0) is 0 Å². The molecule has 0 N–H and O–H groups in total. The summed E-state index contributed by atoms with van der Waals surface area (Å²) in [6.45, 7) is 9.01. The lowest BCUT2D eigenvalue weighted by Crippen LogP contribution is -2.09. The maximum Gasteiger partial charge on any atom is 0.106 e. The molecular formula is C8H18B. The Labute approximate surface area is 60.4 Å². The summed E-state index contributed by atoms with van der Waals surface area (Å²) in [4.78, 5) is 0. The van der Waals surface area contributed by atoms with Crippen LogP contribution in [0.15, 0.2) is 0 Å². The van der Waals surface area contributed by atoms with Crippen molar-refractivity contribution in [1.29, 1.82) is 0 Å². The molecule has 2 atom stereocenters. The lowest BCUT2D eigenvalue weighted by Gasteiger charge is -2.21. The molecule has 0 nitrogen and oxygen atoms in total. The van der Waals surface area contributed by atoms with Crippen molar-refractivity contribution < 1.29 is 0 Å². The zero-order valence-corrected chi connectivity index (χ0v) is 7.36. The lowest BCUT2D eigenvalue weighted by atomic mass is 9.69. The van der Waals surface area contributed by atoms with Gasteiger partial charge in [0, 0.05) is 0 Å². The van der Waals surface area contributed by atoms with Gasteiger partial charge in [-0.1, -0.05) is 39.9 Å². The summed E-state index contributed by atoms with van der Waals surface area (Å²) in [6.07, 6.45) is 1.30. The van der Waals surface area contributed by atoms with Crippen LogP contribution in [0.5, 0.6) is 0 Å². The molecule has 2 unspecified atom stereocenters. The van der Waals surface area contributed by atoms with Gasteiger partial charge >= 0.3 is 0 Å². The first-order valence-corrected chi connectivity index (χ1v) is 3.89. The van der Waals surface area contributed by atoms with Crippen molar-refractivity contribution in [3.8, 4) is 0 Å². The van der Waals surface area contributed by atoms with E-state index >= 15 is 0 Å². The van der Waals surface area contributed by atoms with E-state index in [9.17, 15) is 0 Å². The standard InChI is InChI=1S/C8H18B/c1-5-7(4)8(9)6(2)3/h7-8H,5,9H2,1-4H3. The van der Waals surface area contributed by atoms with Gasteiger partial charge in [-0.25, -0.2) is 0 Å². The van der Waals surface area contributed by atoms with Gasteiger partial charge < -0.3 is 0 Å². The quantitative estimate of drug-likeness (QED) is 0.506. The van der Waals surface area contributed by atoms with E-state index < -0.39 is 0 Å². The van der Waals surface area contributed by atoms with Crippen LogP contribution in [0.4, 0.5) is 0 Å². The van der Waals surface area contributed by atoms with Crippen molar-refractivity contribution in [1.82, 2.24) is 0 Å². The molecule has 0 aliphatic rings. The minimum atomic E-state index is 0.801. The fraction of sp³-hybridized carbons (Fsp3) is 0.875. The molecule has 0 aromatic rings. The van der Waals surface area contributed by atoms with Gasteiger partial charge in [0.25, 0.3) is 0 Å². The van der Waals surface area contributed by atoms with Crippen LogP contribution in [0, 0.1) is 11.8 Å². The highest BCUT2D eigenvalue weighted by atomic mass is 14.1. The van der Waals surface area contributed by atoms with Crippen molar-refractivity contribution in [3.63, 3.8) is 0 Å². The van der Waals surface area contributed by atoms with Gasteiger partial charge in [0.2, 0.25) is 0 Å².